The maximum absolute atomic E-state index is 13.2. The predicted octanol–water partition coefficient (Wildman–Crippen LogP) is 1.53. The van der Waals surface area contributed by atoms with E-state index >= 15 is 0 Å². The number of amides is 1. The highest BCUT2D eigenvalue weighted by atomic mass is 32.2. The third-order valence-corrected chi connectivity index (χ3v) is 6.49. The Kier molecular flexibility index (Phi) is 6.98. The molecule has 0 radical (unpaired) electrons. The minimum absolute atomic E-state index is 0.0876. The second kappa shape index (κ2) is 8.78. The number of benzene rings is 1. The molecular weight excluding hydrogens is 338 g/mol. The summed E-state index contributed by atoms with van der Waals surface area (Å²) in [6.07, 6.45) is 1.61. The fraction of sp³-hybridized carbons (Fsp3) is 0.611. The van der Waals surface area contributed by atoms with Gasteiger partial charge in [-0.05, 0) is 37.5 Å². The summed E-state index contributed by atoms with van der Waals surface area (Å²) in [6, 6.07) is 5.41. The van der Waals surface area contributed by atoms with Crippen LogP contribution >= 0.6 is 0 Å². The third kappa shape index (κ3) is 5.03. The molecule has 0 spiro atoms. The molecule has 1 aliphatic heterocycles. The van der Waals surface area contributed by atoms with Gasteiger partial charge < -0.3 is 10.2 Å². The first-order chi connectivity index (χ1) is 11.9. The smallest absolute Gasteiger partial charge is 0.243 e. The zero-order chi connectivity index (χ0) is 18.4. The van der Waals surface area contributed by atoms with Gasteiger partial charge in [0.05, 0.1) is 11.4 Å². The van der Waals surface area contributed by atoms with Crippen molar-refractivity contribution in [2.75, 3.05) is 39.3 Å². The minimum atomic E-state index is -3.69. The fourth-order valence-electron chi connectivity index (χ4n) is 2.91. The monoisotopic (exact) mass is 367 g/mol. The molecule has 1 N–H and O–H groups in total. The number of rotatable bonds is 7. The van der Waals surface area contributed by atoms with Crippen LogP contribution in [0.5, 0.6) is 0 Å². The van der Waals surface area contributed by atoms with E-state index in [0.29, 0.717) is 30.1 Å². The van der Waals surface area contributed by atoms with E-state index in [9.17, 15) is 13.2 Å². The van der Waals surface area contributed by atoms with Crippen molar-refractivity contribution >= 4 is 15.9 Å². The Bertz CT molecular complexity index is 698. The summed E-state index contributed by atoms with van der Waals surface area (Å²) in [6.45, 7) is 8.73. The van der Waals surface area contributed by atoms with Gasteiger partial charge in [0.25, 0.3) is 0 Å². The van der Waals surface area contributed by atoms with Crippen molar-refractivity contribution in [1.29, 1.82) is 0 Å². The van der Waals surface area contributed by atoms with Crippen LogP contribution in [0.25, 0.3) is 0 Å². The molecule has 0 atom stereocenters. The lowest BCUT2D eigenvalue weighted by Crippen LogP contribution is -2.50. The van der Waals surface area contributed by atoms with Gasteiger partial charge in [-0.25, -0.2) is 8.42 Å². The first-order valence-electron chi connectivity index (χ1n) is 8.92. The summed E-state index contributed by atoms with van der Waals surface area (Å²) in [7, 11) is -3.69. The standard InChI is InChI=1S/C18H29N3O3S/c1-4-5-10-21(14-18(22)20-11-8-19-9-12-20)25(23,24)17-13-15(2)6-7-16(17)3/h6-7,13,19H,4-5,8-12,14H2,1-3H3. The van der Waals surface area contributed by atoms with E-state index < -0.39 is 10.0 Å². The molecule has 0 saturated carbocycles. The molecule has 0 aromatic heterocycles. The molecule has 25 heavy (non-hydrogen) atoms. The van der Waals surface area contributed by atoms with Crippen molar-refractivity contribution in [1.82, 2.24) is 14.5 Å². The molecule has 140 valence electrons. The van der Waals surface area contributed by atoms with Crippen molar-refractivity contribution in [3.63, 3.8) is 0 Å². The summed E-state index contributed by atoms with van der Waals surface area (Å²) < 4.78 is 27.7. The van der Waals surface area contributed by atoms with Gasteiger partial charge in [-0.15, -0.1) is 0 Å². The van der Waals surface area contributed by atoms with E-state index in [4.69, 9.17) is 0 Å². The predicted molar refractivity (Wildman–Crippen MR) is 99.0 cm³/mol. The summed E-state index contributed by atoms with van der Waals surface area (Å²) in [5.74, 6) is -0.119. The van der Waals surface area contributed by atoms with Crippen LogP contribution in [0.15, 0.2) is 23.1 Å². The van der Waals surface area contributed by atoms with Gasteiger partial charge in [-0.3, -0.25) is 4.79 Å². The first kappa shape index (κ1) is 19.9. The Morgan fingerprint density at radius 1 is 1.24 bits per heavy atom. The molecule has 0 bridgehead atoms. The number of piperazine rings is 1. The minimum Gasteiger partial charge on any atom is -0.339 e. The molecule has 0 unspecified atom stereocenters. The summed E-state index contributed by atoms with van der Waals surface area (Å²) in [5, 5.41) is 3.20. The van der Waals surface area contributed by atoms with Crippen molar-refractivity contribution in [3.05, 3.63) is 29.3 Å². The number of hydrogen-bond donors (Lipinski definition) is 1. The maximum atomic E-state index is 13.2. The molecule has 1 saturated heterocycles. The number of carbonyl (C=O) groups excluding carboxylic acids is 1. The second-order valence-electron chi connectivity index (χ2n) is 6.59. The fourth-order valence-corrected chi connectivity index (χ4v) is 4.65. The normalized spacial score (nSPS) is 15.6. The number of aryl methyl sites for hydroxylation is 2. The van der Waals surface area contributed by atoms with Gasteiger partial charge >= 0.3 is 0 Å². The number of hydrogen-bond acceptors (Lipinski definition) is 4. The number of nitrogens with one attached hydrogen (secondary N) is 1. The highest BCUT2D eigenvalue weighted by Crippen LogP contribution is 2.22. The largest absolute Gasteiger partial charge is 0.339 e. The van der Waals surface area contributed by atoms with Crippen molar-refractivity contribution in [3.8, 4) is 0 Å². The highest BCUT2D eigenvalue weighted by Gasteiger charge is 2.29. The number of carbonyl (C=O) groups is 1. The molecular formula is C18H29N3O3S. The Labute approximate surface area is 151 Å². The molecule has 1 aromatic rings. The molecule has 0 aliphatic carbocycles. The molecule has 1 aromatic carbocycles. The quantitative estimate of drug-likeness (QED) is 0.793. The topological polar surface area (TPSA) is 69.7 Å². The summed E-state index contributed by atoms with van der Waals surface area (Å²) in [4.78, 5) is 14.6. The number of nitrogens with zero attached hydrogens (tertiary/aromatic N) is 2. The zero-order valence-electron chi connectivity index (χ0n) is 15.4. The van der Waals surface area contributed by atoms with E-state index in [0.717, 1.165) is 31.5 Å². The molecule has 1 fully saturated rings. The lowest BCUT2D eigenvalue weighted by Gasteiger charge is -2.30. The van der Waals surface area contributed by atoms with Crippen LogP contribution in [0.2, 0.25) is 0 Å². The average Bonchev–Trinajstić information content (AvgIpc) is 2.61. The van der Waals surface area contributed by atoms with Crippen LogP contribution in [-0.4, -0.2) is 62.8 Å². The van der Waals surface area contributed by atoms with Crippen LogP contribution in [0, 0.1) is 13.8 Å². The average molecular weight is 368 g/mol. The van der Waals surface area contributed by atoms with Crippen molar-refractivity contribution in [2.45, 2.75) is 38.5 Å². The zero-order valence-corrected chi connectivity index (χ0v) is 16.2. The first-order valence-corrected chi connectivity index (χ1v) is 10.4. The Morgan fingerprint density at radius 2 is 1.92 bits per heavy atom. The van der Waals surface area contributed by atoms with Crippen LogP contribution in [0.3, 0.4) is 0 Å². The second-order valence-corrected chi connectivity index (χ2v) is 8.50. The van der Waals surface area contributed by atoms with E-state index in [1.165, 1.54) is 4.31 Å². The van der Waals surface area contributed by atoms with Crippen LogP contribution in [0.1, 0.15) is 30.9 Å². The lowest BCUT2D eigenvalue weighted by atomic mass is 10.2. The van der Waals surface area contributed by atoms with E-state index in [1.54, 1.807) is 17.9 Å². The van der Waals surface area contributed by atoms with Crippen LogP contribution in [0.4, 0.5) is 0 Å². The van der Waals surface area contributed by atoms with Gasteiger partial charge in [0.15, 0.2) is 0 Å². The van der Waals surface area contributed by atoms with Gasteiger partial charge in [-0.1, -0.05) is 25.5 Å². The molecule has 1 amide bonds. The molecule has 2 rings (SSSR count). The SMILES string of the molecule is CCCCN(CC(=O)N1CCNCC1)S(=O)(=O)c1cc(C)ccc1C. The van der Waals surface area contributed by atoms with Crippen molar-refractivity contribution < 1.29 is 13.2 Å². The van der Waals surface area contributed by atoms with Gasteiger partial charge in [0.1, 0.15) is 0 Å². The molecule has 1 aliphatic rings. The maximum Gasteiger partial charge on any atom is 0.243 e. The number of sulfonamides is 1. The Balaban J connectivity index is 2.25. The summed E-state index contributed by atoms with van der Waals surface area (Å²) >= 11 is 0. The van der Waals surface area contributed by atoms with Gasteiger partial charge in [0.2, 0.25) is 15.9 Å². The molecule has 7 heteroatoms. The van der Waals surface area contributed by atoms with E-state index in [-0.39, 0.29) is 12.5 Å². The lowest BCUT2D eigenvalue weighted by molar-refractivity contribution is -0.131. The Hall–Kier alpha value is -1.44. The van der Waals surface area contributed by atoms with E-state index in [1.807, 2.05) is 26.0 Å². The van der Waals surface area contributed by atoms with Crippen LogP contribution in [-0.2, 0) is 14.8 Å². The summed E-state index contributed by atoms with van der Waals surface area (Å²) in [5.41, 5.74) is 1.61. The van der Waals surface area contributed by atoms with Crippen LogP contribution < -0.4 is 5.32 Å². The highest BCUT2D eigenvalue weighted by molar-refractivity contribution is 7.89. The number of unbranched alkanes of at least 4 members (excludes halogenated alkanes) is 1. The van der Waals surface area contributed by atoms with Gasteiger partial charge in [-0.2, -0.15) is 4.31 Å². The van der Waals surface area contributed by atoms with E-state index in [2.05, 4.69) is 5.32 Å². The third-order valence-electron chi connectivity index (χ3n) is 4.50. The van der Waals surface area contributed by atoms with Crippen molar-refractivity contribution in [2.24, 2.45) is 0 Å². The molecule has 1 heterocycles. The Morgan fingerprint density at radius 3 is 2.56 bits per heavy atom. The molecule has 6 nitrogen and oxygen atoms in total. The van der Waals surface area contributed by atoms with Gasteiger partial charge in [0, 0.05) is 32.7 Å².